The molecule has 0 unspecified atom stereocenters. The van der Waals surface area contributed by atoms with Gasteiger partial charge in [0.25, 0.3) is 0 Å². The smallest absolute Gasteiger partial charge is 0.161 e. The highest BCUT2D eigenvalue weighted by Gasteiger charge is 2.38. The summed E-state index contributed by atoms with van der Waals surface area (Å²) in [6, 6.07) is 6.33. The predicted molar refractivity (Wildman–Crippen MR) is 98.4 cm³/mol. The third-order valence-electron chi connectivity index (χ3n) is 6.53. The molecule has 0 amide bonds. The zero-order chi connectivity index (χ0) is 17.2. The molecule has 1 aliphatic heterocycles. The largest absolute Gasteiger partial charge is 0.493 e. The van der Waals surface area contributed by atoms with Crippen molar-refractivity contribution in [3.8, 4) is 11.5 Å². The number of rotatable bonds is 6. The number of piperazine rings is 1. The summed E-state index contributed by atoms with van der Waals surface area (Å²) in [5, 5.41) is 0. The first-order chi connectivity index (χ1) is 12.2. The van der Waals surface area contributed by atoms with Crippen molar-refractivity contribution in [3.05, 3.63) is 35.9 Å². The minimum Gasteiger partial charge on any atom is -0.493 e. The van der Waals surface area contributed by atoms with E-state index in [9.17, 15) is 0 Å². The molecule has 1 aromatic rings. The Balaban J connectivity index is 1.27. The molecule has 2 fully saturated rings. The van der Waals surface area contributed by atoms with Crippen LogP contribution >= 0.6 is 0 Å². The molecule has 0 aromatic heterocycles. The summed E-state index contributed by atoms with van der Waals surface area (Å²) in [5.74, 6) is 4.42. The summed E-state index contributed by atoms with van der Waals surface area (Å²) in [4.78, 5) is 3.53. The van der Waals surface area contributed by atoms with Gasteiger partial charge in [-0.1, -0.05) is 12.2 Å². The second-order valence-electron chi connectivity index (χ2n) is 8.11. The van der Waals surface area contributed by atoms with Crippen LogP contribution in [0.1, 0.15) is 18.4 Å². The molecule has 4 nitrogen and oxygen atoms in total. The van der Waals surface area contributed by atoms with Crippen molar-refractivity contribution in [3.63, 3.8) is 0 Å². The van der Waals surface area contributed by atoms with Crippen LogP contribution in [0.25, 0.3) is 0 Å². The van der Waals surface area contributed by atoms with Gasteiger partial charge in [-0.05, 0) is 42.9 Å². The average Bonchev–Trinajstić information content (AvgIpc) is 3.26. The van der Waals surface area contributed by atoms with Crippen molar-refractivity contribution in [2.24, 2.45) is 17.8 Å². The van der Waals surface area contributed by atoms with Gasteiger partial charge in [0.1, 0.15) is 32.7 Å². The maximum atomic E-state index is 5.44. The molecular formula is C21H32N2O2+2. The number of allylic oxidation sites excluding steroid dienone is 2. The molecule has 0 radical (unpaired) electrons. The third kappa shape index (κ3) is 3.70. The van der Waals surface area contributed by atoms with E-state index in [2.05, 4.69) is 24.3 Å². The Labute approximate surface area is 151 Å². The second-order valence-corrected chi connectivity index (χ2v) is 8.11. The van der Waals surface area contributed by atoms with Crippen LogP contribution in [0.4, 0.5) is 0 Å². The van der Waals surface area contributed by atoms with Crippen molar-refractivity contribution in [1.82, 2.24) is 0 Å². The molecular weight excluding hydrogens is 312 g/mol. The first kappa shape index (κ1) is 16.9. The highest BCUT2D eigenvalue weighted by Crippen LogP contribution is 2.42. The third-order valence-corrected chi connectivity index (χ3v) is 6.53. The monoisotopic (exact) mass is 344 g/mol. The first-order valence-corrected chi connectivity index (χ1v) is 9.81. The van der Waals surface area contributed by atoms with Crippen LogP contribution < -0.4 is 19.3 Å². The Hall–Kier alpha value is -1.52. The number of hydrogen-bond acceptors (Lipinski definition) is 2. The Bertz CT molecular complexity index is 622. The molecule has 2 bridgehead atoms. The molecule has 4 rings (SSSR count). The molecule has 4 heteroatoms. The van der Waals surface area contributed by atoms with E-state index in [1.807, 2.05) is 11.0 Å². The second kappa shape index (κ2) is 7.38. The van der Waals surface area contributed by atoms with Gasteiger partial charge in [-0.15, -0.1) is 0 Å². The Morgan fingerprint density at radius 3 is 2.32 bits per heavy atom. The van der Waals surface area contributed by atoms with Gasteiger partial charge < -0.3 is 19.3 Å². The summed E-state index contributed by atoms with van der Waals surface area (Å²) in [7, 11) is 3.40. The standard InChI is InChI=1S/C21H30N2O2/c1-24-20-6-4-17(13-21(20)25-2)14-22-7-9-23(10-8-22)15-19-12-16-3-5-18(19)11-16/h3-6,13,16,18-19H,7-12,14-15H2,1-2H3/p+2/t16-,18+,19+/m1/s1. The van der Waals surface area contributed by atoms with E-state index in [0.29, 0.717) is 0 Å². The van der Waals surface area contributed by atoms with Crippen LogP contribution in [0.5, 0.6) is 11.5 Å². The van der Waals surface area contributed by atoms with E-state index in [4.69, 9.17) is 9.47 Å². The first-order valence-electron chi connectivity index (χ1n) is 9.81. The summed E-state index contributed by atoms with van der Waals surface area (Å²) >= 11 is 0. The zero-order valence-electron chi connectivity index (χ0n) is 15.6. The van der Waals surface area contributed by atoms with Gasteiger partial charge in [0.05, 0.1) is 20.8 Å². The van der Waals surface area contributed by atoms with Gasteiger partial charge in [-0.3, -0.25) is 0 Å². The number of ether oxygens (including phenoxy) is 2. The van der Waals surface area contributed by atoms with E-state index in [0.717, 1.165) is 35.8 Å². The molecule has 136 valence electrons. The van der Waals surface area contributed by atoms with Crippen LogP contribution in [0.15, 0.2) is 30.4 Å². The maximum Gasteiger partial charge on any atom is 0.161 e. The van der Waals surface area contributed by atoms with Gasteiger partial charge in [0.2, 0.25) is 0 Å². The van der Waals surface area contributed by atoms with Crippen molar-refractivity contribution >= 4 is 0 Å². The van der Waals surface area contributed by atoms with Gasteiger partial charge in [0.15, 0.2) is 11.5 Å². The van der Waals surface area contributed by atoms with E-state index in [-0.39, 0.29) is 0 Å². The Kier molecular flexibility index (Phi) is 5.00. The van der Waals surface area contributed by atoms with E-state index < -0.39 is 0 Å². The Morgan fingerprint density at radius 2 is 1.68 bits per heavy atom. The molecule has 2 N–H and O–H groups in total. The van der Waals surface area contributed by atoms with Crippen LogP contribution in [0, 0.1) is 17.8 Å². The maximum absolute atomic E-state index is 5.44. The van der Waals surface area contributed by atoms with Gasteiger partial charge in [-0.2, -0.15) is 0 Å². The minimum atomic E-state index is 0.815. The molecule has 25 heavy (non-hydrogen) atoms. The summed E-state index contributed by atoms with van der Waals surface area (Å²) in [6.45, 7) is 7.68. The summed E-state index contributed by atoms with van der Waals surface area (Å²) in [6.07, 6.45) is 7.85. The summed E-state index contributed by atoms with van der Waals surface area (Å²) < 4.78 is 10.8. The highest BCUT2D eigenvalue weighted by atomic mass is 16.5. The number of methoxy groups -OCH3 is 2. The van der Waals surface area contributed by atoms with E-state index in [1.165, 1.54) is 51.1 Å². The van der Waals surface area contributed by atoms with Gasteiger partial charge >= 0.3 is 0 Å². The fraction of sp³-hybridized carbons (Fsp3) is 0.619. The van der Waals surface area contributed by atoms with Crippen molar-refractivity contribution in [2.75, 3.05) is 46.9 Å². The molecule has 1 saturated heterocycles. The molecule has 2 aliphatic carbocycles. The number of quaternary nitrogens is 2. The molecule has 1 heterocycles. The van der Waals surface area contributed by atoms with E-state index in [1.54, 1.807) is 19.1 Å². The lowest BCUT2D eigenvalue weighted by atomic mass is 9.93. The minimum absolute atomic E-state index is 0.815. The van der Waals surface area contributed by atoms with Crippen LogP contribution in [-0.2, 0) is 6.54 Å². The normalized spacial score (nSPS) is 33.6. The number of fused-ring (bicyclic) bond motifs is 2. The average molecular weight is 344 g/mol. The lowest BCUT2D eigenvalue weighted by Crippen LogP contribution is -3.27. The zero-order valence-corrected chi connectivity index (χ0v) is 15.6. The fourth-order valence-electron chi connectivity index (χ4n) is 5.12. The van der Waals surface area contributed by atoms with Gasteiger partial charge in [-0.25, -0.2) is 0 Å². The number of benzene rings is 1. The Morgan fingerprint density at radius 1 is 0.920 bits per heavy atom. The quantitative estimate of drug-likeness (QED) is 0.722. The molecule has 1 saturated carbocycles. The van der Waals surface area contributed by atoms with Crippen molar-refractivity contribution in [2.45, 2.75) is 19.4 Å². The highest BCUT2D eigenvalue weighted by molar-refractivity contribution is 5.42. The lowest BCUT2D eigenvalue weighted by molar-refractivity contribution is -1.02. The SMILES string of the molecule is COc1ccc(C[NH+]2CC[NH+](C[C@@H]3C[C@@H]4C=C[C@H]3C4)CC2)cc1OC. The topological polar surface area (TPSA) is 27.3 Å². The lowest BCUT2D eigenvalue weighted by Gasteiger charge is -2.32. The summed E-state index contributed by atoms with van der Waals surface area (Å²) in [5.41, 5.74) is 1.34. The van der Waals surface area contributed by atoms with E-state index >= 15 is 0 Å². The molecule has 1 aromatic carbocycles. The molecule has 3 atom stereocenters. The number of nitrogens with one attached hydrogen (secondary N) is 2. The van der Waals surface area contributed by atoms with Crippen LogP contribution in [0.2, 0.25) is 0 Å². The van der Waals surface area contributed by atoms with Crippen molar-refractivity contribution in [1.29, 1.82) is 0 Å². The van der Waals surface area contributed by atoms with Crippen molar-refractivity contribution < 1.29 is 19.3 Å². The fourth-order valence-corrected chi connectivity index (χ4v) is 5.12. The predicted octanol–water partition coefficient (Wildman–Crippen LogP) is 0.199. The van der Waals surface area contributed by atoms with Gasteiger partial charge in [0, 0.05) is 11.5 Å². The number of hydrogen-bond donors (Lipinski definition) is 2. The molecule has 3 aliphatic rings. The molecule has 0 spiro atoms. The van der Waals surface area contributed by atoms with Crippen LogP contribution in [-0.4, -0.2) is 46.9 Å². The van der Waals surface area contributed by atoms with Crippen LogP contribution in [0.3, 0.4) is 0 Å².